The molecule has 1 atom stereocenters. The van der Waals surface area contributed by atoms with E-state index < -0.39 is 17.7 Å². The maximum absolute atomic E-state index is 11.6. The summed E-state index contributed by atoms with van der Waals surface area (Å²) in [6, 6.07) is 1.85. The Labute approximate surface area is 133 Å². The van der Waals surface area contributed by atoms with Crippen molar-refractivity contribution in [3.8, 4) is 11.5 Å². The van der Waals surface area contributed by atoms with Gasteiger partial charge < -0.3 is 14.6 Å². The van der Waals surface area contributed by atoms with E-state index in [1.54, 1.807) is 27.7 Å². The monoisotopic (exact) mass is 328 g/mol. The lowest BCUT2D eigenvalue weighted by Crippen LogP contribution is -2.42. The quantitative estimate of drug-likeness (QED) is 0.612. The highest BCUT2D eigenvalue weighted by Gasteiger charge is 2.26. The molecule has 0 aliphatic carbocycles. The zero-order valence-corrected chi connectivity index (χ0v) is 13.7. The van der Waals surface area contributed by atoms with E-state index in [1.165, 1.54) is 13.2 Å². The van der Waals surface area contributed by atoms with E-state index in [2.05, 4.69) is 10.9 Å². The number of phenols is 1. The predicted molar refractivity (Wildman–Crippen MR) is 80.7 cm³/mol. The molecule has 9 heteroatoms. The Morgan fingerprint density at radius 2 is 1.96 bits per heavy atom. The van der Waals surface area contributed by atoms with E-state index in [9.17, 15) is 14.8 Å². The number of carbonyl (C=O) groups excluding carboxylic acids is 1. The lowest BCUT2D eigenvalue weighted by Gasteiger charge is -2.21. The number of methoxy groups -OCH3 is 1. The molecule has 0 saturated carbocycles. The van der Waals surface area contributed by atoms with Crippen molar-refractivity contribution in [1.82, 2.24) is 10.9 Å². The van der Waals surface area contributed by atoms with Crippen molar-refractivity contribution >= 4 is 11.8 Å². The summed E-state index contributed by atoms with van der Waals surface area (Å²) in [6.07, 6.45) is -0.695. The van der Waals surface area contributed by atoms with Crippen LogP contribution < -0.4 is 15.6 Å². The highest BCUT2D eigenvalue weighted by Crippen LogP contribution is 2.36. The van der Waals surface area contributed by atoms with Crippen LogP contribution in [-0.2, 0) is 4.74 Å². The highest BCUT2D eigenvalue weighted by molar-refractivity contribution is 5.67. The molecule has 0 aliphatic heterocycles. The van der Waals surface area contributed by atoms with Crippen LogP contribution in [0.4, 0.5) is 10.5 Å². The molecule has 0 heterocycles. The van der Waals surface area contributed by atoms with Crippen LogP contribution >= 0.6 is 0 Å². The largest absolute Gasteiger partial charge is 0.504 e. The molecule has 1 unspecified atom stereocenters. The van der Waals surface area contributed by atoms with Crippen LogP contribution in [0.2, 0.25) is 0 Å². The fraction of sp³-hybridized carbons (Fsp3) is 0.500. The molecule has 0 bridgehead atoms. The number of nitrogens with zero attached hydrogens (tertiary/aromatic N) is 1. The summed E-state index contributed by atoms with van der Waals surface area (Å²) in [5.41, 5.74) is 4.45. The molecule has 1 aromatic carbocycles. The van der Waals surface area contributed by atoms with Crippen LogP contribution in [0.15, 0.2) is 12.1 Å². The molecule has 0 fully saturated rings. The number of hydrazine groups is 1. The van der Waals surface area contributed by atoms with E-state index in [0.29, 0.717) is 5.56 Å². The Morgan fingerprint density at radius 1 is 1.35 bits per heavy atom. The number of phenolic OH excluding ortho intramolecular Hbond substituents is 1. The number of carbonyl (C=O) groups is 1. The van der Waals surface area contributed by atoms with Gasteiger partial charge in [-0.2, -0.15) is 0 Å². The van der Waals surface area contributed by atoms with E-state index in [-0.39, 0.29) is 22.1 Å². The highest BCUT2D eigenvalue weighted by atomic mass is 16.6. The maximum Gasteiger partial charge on any atom is 0.422 e. The van der Waals surface area contributed by atoms with Crippen molar-refractivity contribution in [1.29, 1.82) is 0 Å². The molecule has 128 valence electrons. The van der Waals surface area contributed by atoms with Gasteiger partial charge in [-0.25, -0.2) is 15.4 Å². The van der Waals surface area contributed by atoms with Gasteiger partial charge in [-0.05, 0) is 33.8 Å². The third-order valence-electron chi connectivity index (χ3n) is 2.79. The van der Waals surface area contributed by atoms with E-state index in [0.717, 1.165) is 6.07 Å². The molecule has 9 nitrogen and oxygen atoms in total. The van der Waals surface area contributed by atoms with Gasteiger partial charge in [0.1, 0.15) is 5.60 Å². The number of rotatable bonds is 5. The van der Waals surface area contributed by atoms with E-state index in [4.69, 9.17) is 14.7 Å². The first-order valence-corrected chi connectivity index (χ1v) is 6.86. The number of benzene rings is 1. The normalized spacial score (nSPS) is 12.4. The third kappa shape index (κ3) is 5.29. The third-order valence-corrected chi connectivity index (χ3v) is 2.79. The first kappa shape index (κ1) is 18.5. The Balaban J connectivity index is 2.92. The molecule has 4 N–H and O–H groups in total. The fourth-order valence-electron chi connectivity index (χ4n) is 1.80. The summed E-state index contributed by atoms with van der Waals surface area (Å²) in [4.78, 5) is 22.5. The van der Waals surface area contributed by atoms with E-state index in [1.807, 2.05) is 0 Å². The number of amides is 1. The van der Waals surface area contributed by atoms with Crippen LogP contribution in [0.25, 0.3) is 0 Å². The summed E-state index contributed by atoms with van der Waals surface area (Å²) in [5.74, 6) is -0.176. The summed E-state index contributed by atoms with van der Waals surface area (Å²) in [7, 11) is 1.35. The van der Waals surface area contributed by atoms with Crippen LogP contribution in [-0.4, -0.2) is 34.0 Å². The second-order valence-corrected chi connectivity index (χ2v) is 5.85. The number of hydrogen-bond acceptors (Lipinski definition) is 6. The molecule has 0 aliphatic rings. The Bertz CT molecular complexity index is 597. The summed E-state index contributed by atoms with van der Waals surface area (Å²) >= 11 is 0. The topological polar surface area (TPSA) is 120 Å². The van der Waals surface area contributed by atoms with Crippen molar-refractivity contribution in [2.24, 2.45) is 0 Å². The molecule has 1 aromatic rings. The van der Waals surface area contributed by atoms with Gasteiger partial charge in [0, 0.05) is 0 Å². The molecule has 0 radical (unpaired) electrons. The second-order valence-electron chi connectivity index (χ2n) is 5.85. The van der Waals surface area contributed by atoms with Crippen molar-refractivity contribution in [3.05, 3.63) is 22.6 Å². The first-order valence-electron chi connectivity index (χ1n) is 6.86. The molecule has 0 spiro atoms. The van der Waals surface area contributed by atoms with Crippen molar-refractivity contribution in [2.45, 2.75) is 39.3 Å². The minimum atomic E-state index is -0.695. The van der Waals surface area contributed by atoms with Crippen molar-refractivity contribution in [3.63, 3.8) is 0 Å². The van der Waals surface area contributed by atoms with Gasteiger partial charge >= 0.3 is 11.8 Å². The zero-order valence-electron chi connectivity index (χ0n) is 13.7. The number of ether oxygens (including phenoxy) is 2. The smallest absolute Gasteiger partial charge is 0.422 e. The minimum absolute atomic E-state index is 0.122. The number of aromatic hydroxyl groups is 1. The molecule has 0 aromatic heterocycles. The molecule has 23 heavy (non-hydrogen) atoms. The second kappa shape index (κ2) is 7.14. The zero-order chi connectivity index (χ0) is 17.8. The lowest BCUT2D eigenvalue weighted by atomic mass is 10.1. The van der Waals surface area contributed by atoms with Gasteiger partial charge in [0.25, 0.3) is 4.92 Å². The Hall–Kier alpha value is -2.55. The fourth-order valence-corrected chi connectivity index (χ4v) is 1.80. The van der Waals surface area contributed by atoms with Crippen LogP contribution in [0.5, 0.6) is 11.5 Å². The van der Waals surface area contributed by atoms with Crippen LogP contribution in [0, 0.1) is 4.91 Å². The average Bonchev–Trinajstić information content (AvgIpc) is 2.42. The predicted octanol–water partition coefficient (Wildman–Crippen LogP) is 2.29. The SMILES string of the molecule is COc1cc(C(C)NNC(=O)OC(C)(C)C)c([N+](=O)O)cc1O. The van der Waals surface area contributed by atoms with Crippen molar-refractivity contribution in [2.75, 3.05) is 7.11 Å². The van der Waals surface area contributed by atoms with Crippen LogP contribution in [0.3, 0.4) is 0 Å². The summed E-state index contributed by atoms with van der Waals surface area (Å²) < 4.78 is 10.0. The Kier molecular flexibility index (Phi) is 5.74. The molecule has 0 saturated heterocycles. The van der Waals surface area contributed by atoms with Gasteiger partial charge in [0.2, 0.25) is 0 Å². The van der Waals surface area contributed by atoms with Gasteiger partial charge in [-0.1, -0.05) is 0 Å². The molecular formula is C14H22N3O6+. The molecule has 1 rings (SSSR count). The lowest BCUT2D eigenvalue weighted by molar-refractivity contribution is -0.730. The van der Waals surface area contributed by atoms with E-state index >= 15 is 0 Å². The Morgan fingerprint density at radius 3 is 2.43 bits per heavy atom. The number of nitrogens with one attached hydrogen (secondary N) is 2. The standard InChI is InChI=1S/C14H21N3O6/c1-8(15-16-13(19)23-14(2,3)4)9-6-12(22-5)11(18)7-10(9)17(20)21/h6-8,15H,1-5H3,(H2-,16,18,19,20,21)/p+1. The van der Waals surface area contributed by atoms with Gasteiger partial charge in [-0.15, -0.1) is 0 Å². The maximum atomic E-state index is 11.6. The molecule has 1 amide bonds. The summed E-state index contributed by atoms with van der Waals surface area (Å²) in [5, 5.41) is 18.8. The van der Waals surface area contributed by atoms with Gasteiger partial charge in [0.15, 0.2) is 11.5 Å². The van der Waals surface area contributed by atoms with Crippen molar-refractivity contribution < 1.29 is 29.5 Å². The number of hydrogen-bond donors (Lipinski definition) is 4. The summed E-state index contributed by atoms with van der Waals surface area (Å²) in [6.45, 7) is 6.80. The molecular weight excluding hydrogens is 306 g/mol. The van der Waals surface area contributed by atoms with Crippen LogP contribution in [0.1, 0.15) is 39.3 Å². The minimum Gasteiger partial charge on any atom is -0.504 e. The van der Waals surface area contributed by atoms with Gasteiger partial charge in [-0.3, -0.25) is 5.43 Å². The average molecular weight is 328 g/mol. The van der Waals surface area contributed by atoms with Gasteiger partial charge in [0.05, 0.1) is 29.7 Å². The first-order chi connectivity index (χ1) is 10.5.